The molecule has 2 aliphatic heterocycles. The van der Waals surface area contributed by atoms with Crippen LogP contribution in [0.4, 0.5) is 11.4 Å². The molecule has 1 fully saturated rings. The molecule has 0 N–H and O–H groups in total. The van der Waals surface area contributed by atoms with Gasteiger partial charge in [0.25, 0.3) is 0 Å². The molecule has 0 saturated carbocycles. The molecule has 0 amide bonds. The number of ether oxygens (including phenoxy) is 1. The Kier molecular flexibility index (Phi) is 2.25. The van der Waals surface area contributed by atoms with Crippen molar-refractivity contribution in [3.63, 3.8) is 0 Å². The van der Waals surface area contributed by atoms with Crippen LogP contribution in [-0.4, -0.2) is 32.8 Å². The predicted molar refractivity (Wildman–Crippen MR) is 59.8 cm³/mol. The van der Waals surface area contributed by atoms with Crippen LogP contribution < -0.4 is 10.2 Å². The maximum Gasteiger partial charge on any atom is 0.0642 e. The van der Waals surface area contributed by atoms with Gasteiger partial charge >= 0.3 is 0 Å². The lowest BCUT2D eigenvalue weighted by Crippen LogP contribution is -2.36. The van der Waals surface area contributed by atoms with Crippen LogP contribution in [0.1, 0.15) is 5.56 Å². The molecule has 0 atom stereocenters. The number of fused-ring (bicyclic) bond motifs is 1. The molecule has 0 aromatic heterocycles. The van der Waals surface area contributed by atoms with E-state index in [0.717, 1.165) is 39.3 Å². The van der Waals surface area contributed by atoms with Gasteiger partial charge in [-0.05, 0) is 30.2 Å². The second kappa shape index (κ2) is 3.74. The summed E-state index contributed by atoms with van der Waals surface area (Å²) in [7, 11) is 0. The molecule has 3 nitrogen and oxygen atoms in total. The molecule has 1 radical (unpaired) electrons. The van der Waals surface area contributed by atoms with E-state index in [9.17, 15) is 0 Å². The van der Waals surface area contributed by atoms with E-state index in [2.05, 4.69) is 28.4 Å². The number of rotatable bonds is 1. The quantitative estimate of drug-likeness (QED) is 0.688. The summed E-state index contributed by atoms with van der Waals surface area (Å²) >= 11 is 0. The fourth-order valence-corrected chi connectivity index (χ4v) is 2.24. The Labute approximate surface area is 90.0 Å². The molecule has 3 rings (SSSR count). The molecule has 79 valence electrons. The SMILES string of the molecule is c1cc2c(cc1N1CCOCC1)CC[N]2. The molecule has 1 saturated heterocycles. The molecular weight excluding hydrogens is 188 g/mol. The zero-order valence-corrected chi connectivity index (χ0v) is 8.78. The molecular formula is C12H15N2O. The van der Waals surface area contributed by atoms with Crippen LogP contribution in [0.5, 0.6) is 0 Å². The Morgan fingerprint density at radius 3 is 2.93 bits per heavy atom. The molecule has 2 aliphatic rings. The van der Waals surface area contributed by atoms with Gasteiger partial charge < -0.3 is 9.64 Å². The maximum absolute atomic E-state index is 5.35. The normalized spacial score (nSPS) is 19.9. The van der Waals surface area contributed by atoms with Crippen LogP contribution in [0, 0.1) is 0 Å². The average molecular weight is 203 g/mol. The lowest BCUT2D eigenvalue weighted by atomic mass is 10.1. The summed E-state index contributed by atoms with van der Waals surface area (Å²) < 4.78 is 5.35. The number of hydrogen-bond acceptors (Lipinski definition) is 2. The highest BCUT2D eigenvalue weighted by molar-refractivity contribution is 5.59. The lowest BCUT2D eigenvalue weighted by Gasteiger charge is -2.29. The Morgan fingerprint density at radius 2 is 2.07 bits per heavy atom. The van der Waals surface area contributed by atoms with E-state index in [1.54, 1.807) is 0 Å². The van der Waals surface area contributed by atoms with Crippen LogP contribution in [0.15, 0.2) is 18.2 Å². The molecule has 0 spiro atoms. The minimum absolute atomic E-state index is 0.849. The van der Waals surface area contributed by atoms with Gasteiger partial charge in [-0.25, -0.2) is 0 Å². The van der Waals surface area contributed by atoms with Gasteiger partial charge in [0.1, 0.15) is 0 Å². The minimum atomic E-state index is 0.849. The van der Waals surface area contributed by atoms with Gasteiger partial charge in [-0.3, -0.25) is 5.32 Å². The van der Waals surface area contributed by atoms with Gasteiger partial charge in [-0.2, -0.15) is 0 Å². The molecule has 0 bridgehead atoms. The summed E-state index contributed by atoms with van der Waals surface area (Å²) in [5.41, 5.74) is 3.92. The van der Waals surface area contributed by atoms with Gasteiger partial charge in [-0.15, -0.1) is 0 Å². The number of benzene rings is 1. The molecule has 0 unspecified atom stereocenters. The van der Waals surface area contributed by atoms with Crippen molar-refractivity contribution < 1.29 is 4.74 Å². The van der Waals surface area contributed by atoms with Gasteiger partial charge in [0.2, 0.25) is 0 Å². The number of anilines is 1. The van der Waals surface area contributed by atoms with E-state index in [1.807, 2.05) is 0 Å². The predicted octanol–water partition coefficient (Wildman–Crippen LogP) is 1.32. The third-order valence-corrected chi connectivity index (χ3v) is 3.10. The van der Waals surface area contributed by atoms with E-state index in [1.165, 1.54) is 16.9 Å². The smallest absolute Gasteiger partial charge is 0.0642 e. The van der Waals surface area contributed by atoms with Crippen LogP contribution in [0.3, 0.4) is 0 Å². The Bertz CT molecular complexity index is 359. The summed E-state index contributed by atoms with van der Waals surface area (Å²) in [5.74, 6) is 0. The highest BCUT2D eigenvalue weighted by atomic mass is 16.5. The Morgan fingerprint density at radius 1 is 1.20 bits per heavy atom. The summed E-state index contributed by atoms with van der Waals surface area (Å²) in [6.45, 7) is 4.68. The van der Waals surface area contributed by atoms with Crippen molar-refractivity contribution in [2.24, 2.45) is 0 Å². The summed E-state index contributed by atoms with van der Waals surface area (Å²) in [6.07, 6.45) is 1.10. The average Bonchev–Trinajstić information content (AvgIpc) is 2.77. The van der Waals surface area contributed by atoms with Crippen LogP contribution in [0.2, 0.25) is 0 Å². The third kappa shape index (κ3) is 1.67. The highest BCUT2D eigenvalue weighted by Crippen LogP contribution is 2.27. The monoisotopic (exact) mass is 203 g/mol. The highest BCUT2D eigenvalue weighted by Gasteiger charge is 2.15. The molecule has 15 heavy (non-hydrogen) atoms. The van der Waals surface area contributed by atoms with Gasteiger partial charge in [0.15, 0.2) is 0 Å². The number of morpholine rings is 1. The standard InChI is InChI=1S/C12H15N2O/c1-2-12-10(3-4-13-12)9-11(1)14-5-7-15-8-6-14/h1-2,9H,3-8H2. The molecule has 3 heteroatoms. The molecule has 1 aromatic carbocycles. The Hall–Kier alpha value is -1.22. The first-order valence-electron chi connectivity index (χ1n) is 5.56. The fourth-order valence-electron chi connectivity index (χ4n) is 2.24. The van der Waals surface area contributed by atoms with Crippen molar-refractivity contribution >= 4 is 11.4 Å². The van der Waals surface area contributed by atoms with Gasteiger partial charge in [-0.1, -0.05) is 0 Å². The number of nitrogens with zero attached hydrogens (tertiary/aromatic N) is 2. The van der Waals surface area contributed by atoms with Crippen molar-refractivity contribution in [1.29, 1.82) is 0 Å². The summed E-state index contributed by atoms with van der Waals surface area (Å²) in [6, 6.07) is 6.61. The van der Waals surface area contributed by atoms with Gasteiger partial charge in [0.05, 0.1) is 18.9 Å². The third-order valence-electron chi connectivity index (χ3n) is 3.10. The molecule has 0 aliphatic carbocycles. The lowest BCUT2D eigenvalue weighted by molar-refractivity contribution is 0.122. The first-order chi connectivity index (χ1) is 7.43. The first-order valence-corrected chi connectivity index (χ1v) is 5.56. The molecule has 1 aromatic rings. The summed E-state index contributed by atoms with van der Waals surface area (Å²) in [4.78, 5) is 2.39. The largest absolute Gasteiger partial charge is 0.378 e. The zero-order chi connectivity index (χ0) is 10.1. The maximum atomic E-state index is 5.35. The van der Waals surface area contributed by atoms with Crippen molar-refractivity contribution in [3.8, 4) is 0 Å². The van der Waals surface area contributed by atoms with Crippen LogP contribution in [0.25, 0.3) is 0 Å². The van der Waals surface area contributed by atoms with Crippen LogP contribution in [-0.2, 0) is 11.2 Å². The minimum Gasteiger partial charge on any atom is -0.378 e. The van der Waals surface area contributed by atoms with Crippen molar-refractivity contribution in [1.82, 2.24) is 5.32 Å². The first kappa shape index (κ1) is 9.04. The van der Waals surface area contributed by atoms with E-state index < -0.39 is 0 Å². The van der Waals surface area contributed by atoms with E-state index in [0.29, 0.717) is 0 Å². The van der Waals surface area contributed by atoms with E-state index in [-0.39, 0.29) is 0 Å². The van der Waals surface area contributed by atoms with Crippen LogP contribution >= 0.6 is 0 Å². The zero-order valence-electron chi connectivity index (χ0n) is 8.78. The van der Waals surface area contributed by atoms with E-state index >= 15 is 0 Å². The molecule has 2 heterocycles. The fraction of sp³-hybridized carbons (Fsp3) is 0.500. The number of hydrogen-bond donors (Lipinski definition) is 0. The topological polar surface area (TPSA) is 26.6 Å². The van der Waals surface area contributed by atoms with Crippen molar-refractivity contribution in [2.75, 3.05) is 37.7 Å². The Balaban J connectivity index is 1.85. The second-order valence-electron chi connectivity index (χ2n) is 4.04. The van der Waals surface area contributed by atoms with Crippen molar-refractivity contribution in [3.05, 3.63) is 23.8 Å². The van der Waals surface area contributed by atoms with E-state index in [4.69, 9.17) is 4.74 Å². The second-order valence-corrected chi connectivity index (χ2v) is 4.04. The summed E-state index contributed by atoms with van der Waals surface area (Å²) in [5, 5.41) is 4.44. The van der Waals surface area contributed by atoms with Crippen molar-refractivity contribution in [2.45, 2.75) is 6.42 Å². The van der Waals surface area contributed by atoms with Gasteiger partial charge in [0, 0.05) is 25.3 Å².